The number of nitro groups is 1. The number of carbonyl (C=O) groups excluding carboxylic acids is 2. The van der Waals surface area contributed by atoms with E-state index in [1.165, 1.54) is 50.6 Å². The zero-order valence-corrected chi connectivity index (χ0v) is 27.0. The van der Waals surface area contributed by atoms with Gasteiger partial charge < -0.3 is 14.8 Å². The van der Waals surface area contributed by atoms with E-state index in [0.29, 0.717) is 17.0 Å². The van der Waals surface area contributed by atoms with Gasteiger partial charge in [0.05, 0.1) is 28.8 Å². The number of hydrogen-bond acceptors (Lipinski definition) is 9. The van der Waals surface area contributed by atoms with E-state index in [4.69, 9.17) is 21.1 Å². The smallest absolute Gasteiger partial charge is 0.273 e. The van der Waals surface area contributed by atoms with Gasteiger partial charge in [-0.15, -0.1) is 0 Å². The summed E-state index contributed by atoms with van der Waals surface area (Å²) >= 11 is 6.15. The number of amides is 2. The molecule has 0 fully saturated rings. The molecule has 0 aromatic heterocycles. The third-order valence-electron chi connectivity index (χ3n) is 6.65. The molecule has 2 N–H and O–H groups in total. The first-order valence-electron chi connectivity index (χ1n) is 13.9. The fourth-order valence-corrected chi connectivity index (χ4v) is 5.82. The predicted molar refractivity (Wildman–Crippen MR) is 178 cm³/mol. The first kappa shape index (κ1) is 34.4. The van der Waals surface area contributed by atoms with Crippen LogP contribution >= 0.6 is 11.6 Å². The predicted octanol–water partition coefficient (Wildman–Crippen LogP) is 5.24. The van der Waals surface area contributed by atoms with Gasteiger partial charge in [-0.3, -0.25) is 24.0 Å². The molecule has 0 heterocycles. The van der Waals surface area contributed by atoms with Gasteiger partial charge in [0.2, 0.25) is 0 Å². The quantitative estimate of drug-likeness (QED) is 0.110. The van der Waals surface area contributed by atoms with Crippen molar-refractivity contribution in [2.24, 2.45) is 5.10 Å². The lowest BCUT2D eigenvalue weighted by atomic mass is 10.2. The minimum atomic E-state index is -4.55. The zero-order valence-electron chi connectivity index (χ0n) is 25.5. The maximum atomic E-state index is 13.8. The number of hydrogen-bond donors (Lipinski definition) is 2. The number of nitro benzene ring substituents is 1. The molecule has 0 aliphatic rings. The second-order valence-corrected chi connectivity index (χ2v) is 12.4. The molecular formula is C32H30ClN5O8S. The van der Waals surface area contributed by atoms with Crippen LogP contribution in [0.2, 0.25) is 5.02 Å². The van der Waals surface area contributed by atoms with Gasteiger partial charge in [0.25, 0.3) is 27.5 Å². The van der Waals surface area contributed by atoms with Gasteiger partial charge >= 0.3 is 0 Å². The SMILES string of the molecule is COc1ccc(Cl)cc1N(CC(=O)N/N=C\c1ccc(OCC(=O)Nc2ccc(C)cc2)cc1)S(=O)(=O)c1ccc(C)c([N+](=O)[O-])c1. The molecule has 0 radical (unpaired) electrons. The summed E-state index contributed by atoms with van der Waals surface area (Å²) in [6.07, 6.45) is 1.33. The molecule has 0 aliphatic heterocycles. The number of methoxy groups -OCH3 is 1. The molecule has 0 spiro atoms. The van der Waals surface area contributed by atoms with Crippen LogP contribution in [0.4, 0.5) is 17.1 Å². The van der Waals surface area contributed by atoms with Crippen LogP contribution in [0.1, 0.15) is 16.7 Å². The monoisotopic (exact) mass is 679 g/mol. The summed E-state index contributed by atoms with van der Waals surface area (Å²) in [6, 6.07) is 21.5. The van der Waals surface area contributed by atoms with Crippen molar-refractivity contribution >= 4 is 56.7 Å². The van der Waals surface area contributed by atoms with E-state index in [1.54, 1.807) is 36.4 Å². The molecule has 0 aliphatic carbocycles. The Morgan fingerprint density at radius 2 is 1.68 bits per heavy atom. The lowest BCUT2D eigenvalue weighted by Crippen LogP contribution is -2.39. The van der Waals surface area contributed by atoms with Crippen molar-refractivity contribution < 1.29 is 32.4 Å². The van der Waals surface area contributed by atoms with Crippen molar-refractivity contribution in [1.82, 2.24) is 5.43 Å². The number of nitrogens with one attached hydrogen (secondary N) is 2. The Hall–Kier alpha value is -5.47. The van der Waals surface area contributed by atoms with Crippen LogP contribution in [0.25, 0.3) is 0 Å². The Morgan fingerprint density at radius 3 is 2.34 bits per heavy atom. The van der Waals surface area contributed by atoms with Gasteiger partial charge in [-0.25, -0.2) is 13.8 Å². The minimum Gasteiger partial charge on any atom is -0.495 e. The molecule has 0 bridgehead atoms. The van der Waals surface area contributed by atoms with Gasteiger partial charge in [0.15, 0.2) is 6.61 Å². The van der Waals surface area contributed by atoms with E-state index < -0.39 is 38.0 Å². The molecular weight excluding hydrogens is 650 g/mol. The third-order valence-corrected chi connectivity index (χ3v) is 8.64. The standard InChI is InChI=1S/C32H30ClN5O8S/c1-21-4-10-25(11-5-21)35-32(40)20-46-26-12-7-23(8-13-26)18-34-36-31(39)19-37(29-16-24(33)9-15-30(29)45-3)47(43,44)27-14-6-22(2)28(17-27)38(41)42/h4-18H,19-20H2,1-3H3,(H,35,40)(H,36,39)/b34-18-. The van der Waals surface area contributed by atoms with Crippen molar-refractivity contribution in [3.8, 4) is 11.5 Å². The van der Waals surface area contributed by atoms with Crippen LogP contribution in [0.3, 0.4) is 0 Å². The number of carbonyl (C=O) groups is 2. The fourth-order valence-electron chi connectivity index (χ4n) is 4.21. The van der Waals surface area contributed by atoms with Gasteiger partial charge in [0.1, 0.15) is 18.0 Å². The maximum absolute atomic E-state index is 13.8. The number of benzene rings is 4. The van der Waals surface area contributed by atoms with E-state index in [0.717, 1.165) is 15.9 Å². The molecule has 0 atom stereocenters. The van der Waals surface area contributed by atoms with Crippen LogP contribution in [0.5, 0.6) is 11.5 Å². The maximum Gasteiger partial charge on any atom is 0.273 e. The molecule has 0 saturated carbocycles. The Morgan fingerprint density at radius 1 is 0.979 bits per heavy atom. The highest BCUT2D eigenvalue weighted by Crippen LogP contribution is 2.35. The highest BCUT2D eigenvalue weighted by Gasteiger charge is 2.31. The van der Waals surface area contributed by atoms with Crippen LogP contribution in [0.15, 0.2) is 94.9 Å². The van der Waals surface area contributed by atoms with Crippen molar-refractivity contribution in [3.05, 3.63) is 117 Å². The second-order valence-electron chi connectivity index (χ2n) is 10.1. The molecule has 244 valence electrons. The van der Waals surface area contributed by atoms with E-state index in [1.807, 2.05) is 19.1 Å². The lowest BCUT2D eigenvalue weighted by Gasteiger charge is -2.25. The number of halogens is 1. The third kappa shape index (κ3) is 9.05. The lowest BCUT2D eigenvalue weighted by molar-refractivity contribution is -0.385. The number of aryl methyl sites for hydroxylation is 2. The molecule has 4 aromatic rings. The minimum absolute atomic E-state index is 0.0644. The van der Waals surface area contributed by atoms with E-state index in [2.05, 4.69) is 15.8 Å². The van der Waals surface area contributed by atoms with Crippen LogP contribution < -0.4 is 24.5 Å². The average Bonchev–Trinajstić information content (AvgIpc) is 3.04. The van der Waals surface area contributed by atoms with Crippen molar-refractivity contribution in [2.75, 3.05) is 29.9 Å². The highest BCUT2D eigenvalue weighted by atomic mass is 35.5. The van der Waals surface area contributed by atoms with Crippen molar-refractivity contribution in [3.63, 3.8) is 0 Å². The van der Waals surface area contributed by atoms with Crippen LogP contribution in [-0.4, -0.2) is 51.6 Å². The molecule has 4 rings (SSSR count). The molecule has 0 saturated heterocycles. The highest BCUT2D eigenvalue weighted by molar-refractivity contribution is 7.92. The first-order valence-corrected chi connectivity index (χ1v) is 15.7. The summed E-state index contributed by atoms with van der Waals surface area (Å²) < 4.78 is 39.2. The number of nitrogens with zero attached hydrogens (tertiary/aromatic N) is 3. The molecule has 0 unspecified atom stereocenters. The normalized spacial score (nSPS) is 11.1. The summed E-state index contributed by atoms with van der Waals surface area (Å²) in [5.74, 6) is -0.633. The van der Waals surface area contributed by atoms with Gasteiger partial charge in [0, 0.05) is 22.3 Å². The molecule has 15 heteroatoms. The summed E-state index contributed by atoms with van der Waals surface area (Å²) in [5, 5.41) is 18.3. The summed E-state index contributed by atoms with van der Waals surface area (Å²) in [6.45, 7) is 2.45. The summed E-state index contributed by atoms with van der Waals surface area (Å²) in [4.78, 5) is 35.6. The van der Waals surface area contributed by atoms with E-state index in [9.17, 15) is 28.1 Å². The Labute approximate surface area is 276 Å². The number of rotatable bonds is 13. The number of hydrazone groups is 1. The number of ether oxygens (including phenoxy) is 2. The number of anilines is 2. The molecule has 47 heavy (non-hydrogen) atoms. The number of sulfonamides is 1. The Balaban J connectivity index is 1.44. The van der Waals surface area contributed by atoms with Gasteiger partial charge in [-0.2, -0.15) is 5.10 Å². The van der Waals surface area contributed by atoms with Gasteiger partial charge in [-0.1, -0.05) is 35.4 Å². The molecule has 2 amide bonds. The van der Waals surface area contributed by atoms with Gasteiger partial charge in [-0.05, 0) is 80.1 Å². The molecule has 13 nitrogen and oxygen atoms in total. The Bertz CT molecular complexity index is 1920. The van der Waals surface area contributed by atoms with Crippen LogP contribution in [-0.2, 0) is 19.6 Å². The average molecular weight is 680 g/mol. The second kappa shape index (κ2) is 15.2. The summed E-state index contributed by atoms with van der Waals surface area (Å²) in [7, 11) is -3.23. The van der Waals surface area contributed by atoms with Crippen molar-refractivity contribution in [1.29, 1.82) is 0 Å². The Kier molecular flexibility index (Phi) is 11.1. The first-order chi connectivity index (χ1) is 22.4. The largest absolute Gasteiger partial charge is 0.495 e. The zero-order chi connectivity index (χ0) is 34.1. The van der Waals surface area contributed by atoms with Crippen LogP contribution in [0, 0.1) is 24.0 Å². The molecule has 4 aromatic carbocycles. The topological polar surface area (TPSA) is 170 Å². The summed E-state index contributed by atoms with van der Waals surface area (Å²) in [5.41, 5.74) is 4.37. The fraction of sp³-hybridized carbons (Fsp3) is 0.156. The van der Waals surface area contributed by atoms with E-state index >= 15 is 0 Å². The van der Waals surface area contributed by atoms with E-state index in [-0.39, 0.29) is 34.5 Å². The van der Waals surface area contributed by atoms with Crippen molar-refractivity contribution in [2.45, 2.75) is 18.7 Å².